The summed E-state index contributed by atoms with van der Waals surface area (Å²) in [6.45, 7) is -0.150. The average Bonchev–Trinajstić information content (AvgIpc) is 3.82. The summed E-state index contributed by atoms with van der Waals surface area (Å²) >= 11 is 0.918. The van der Waals surface area contributed by atoms with E-state index in [-0.39, 0.29) is 30.7 Å². The minimum atomic E-state index is -3.92. The van der Waals surface area contributed by atoms with E-state index in [1.165, 1.54) is 10.9 Å². The Kier molecular flexibility index (Phi) is 11.8. The summed E-state index contributed by atoms with van der Waals surface area (Å²) in [5.41, 5.74) is 2.31. The monoisotopic (exact) mass is 716 g/mol. The minimum absolute atomic E-state index is 0.00289. The first-order valence-electron chi connectivity index (χ1n) is 14.8. The van der Waals surface area contributed by atoms with Crippen molar-refractivity contribution in [3.63, 3.8) is 0 Å². The number of carboxylic acids is 1. The number of fused-ring (bicyclic) bond motifs is 1. The molecule has 0 aliphatic heterocycles. The van der Waals surface area contributed by atoms with Crippen LogP contribution in [0.5, 0.6) is 11.5 Å². The average molecular weight is 717 g/mol. The Bertz CT molecular complexity index is 2000. The van der Waals surface area contributed by atoms with Crippen molar-refractivity contribution in [3.05, 3.63) is 71.8 Å². The summed E-state index contributed by atoms with van der Waals surface area (Å²) in [6.07, 6.45) is 4.16. The zero-order chi connectivity index (χ0) is 34.8. The number of thiazole rings is 1. The fourth-order valence-electron chi connectivity index (χ4n) is 4.38. The van der Waals surface area contributed by atoms with Gasteiger partial charge in [-0.2, -0.15) is 0 Å². The summed E-state index contributed by atoms with van der Waals surface area (Å²) in [7, 11) is -3.92. The lowest BCUT2D eigenvalue weighted by molar-refractivity contribution is -0.144. The van der Waals surface area contributed by atoms with Gasteiger partial charge in [0.25, 0.3) is 10.0 Å². The number of aliphatic carboxylic acids is 1. The number of nitrogens with two attached hydrogens (primary N) is 1. The molecule has 0 saturated carbocycles. The van der Waals surface area contributed by atoms with Crippen LogP contribution in [0.15, 0.2) is 59.2 Å². The highest BCUT2D eigenvalue weighted by atomic mass is 32.2. The van der Waals surface area contributed by atoms with Gasteiger partial charge in [0, 0.05) is 6.20 Å². The maximum absolute atomic E-state index is 12.6. The number of carbonyl (C=O) groups excluding carboxylic acids is 1. The Labute approximate surface area is 282 Å². The van der Waals surface area contributed by atoms with E-state index >= 15 is 0 Å². The van der Waals surface area contributed by atoms with Gasteiger partial charge in [-0.05, 0) is 48.7 Å². The molecule has 0 spiro atoms. The first-order valence-corrected chi connectivity index (χ1v) is 17.1. The topological polar surface area (TPSA) is 229 Å². The highest BCUT2D eigenvalue weighted by molar-refractivity contribution is 7.91. The lowest BCUT2D eigenvalue weighted by Gasteiger charge is -2.15. The smallest absolute Gasteiger partial charge is 0.328 e. The number of aromatic nitrogens is 7. The van der Waals surface area contributed by atoms with E-state index in [0.29, 0.717) is 53.4 Å². The molecular weight excluding hydrogens is 685 g/mol. The maximum Gasteiger partial charge on any atom is 0.328 e. The Morgan fingerprint density at radius 3 is 2.59 bits per heavy atom. The Morgan fingerprint density at radius 2 is 1.80 bits per heavy atom. The number of carboxylic acid groups (broad SMARTS) is 1. The molecule has 5 rings (SSSR count). The third-order valence-electron chi connectivity index (χ3n) is 6.69. The van der Waals surface area contributed by atoms with Gasteiger partial charge in [-0.1, -0.05) is 22.6 Å². The molecule has 1 atom stereocenters. The number of benzene rings is 2. The van der Waals surface area contributed by atoms with Crippen LogP contribution in [-0.4, -0.2) is 86.3 Å². The predicted octanol–water partition coefficient (Wildman–Crippen LogP) is 1.47. The molecule has 0 radical (unpaired) electrons. The number of primary sulfonamides is 1. The van der Waals surface area contributed by atoms with Crippen molar-refractivity contribution in [2.45, 2.75) is 49.5 Å². The second-order valence-electron chi connectivity index (χ2n) is 10.6. The number of hydrogen-bond acceptors (Lipinski definition) is 13. The number of amides is 1. The van der Waals surface area contributed by atoms with Gasteiger partial charge in [-0.3, -0.25) is 9.18 Å². The SMILES string of the molecule is NS(=O)(=O)c1nc2ccc(OCc3cn(CC(=O)N[C@H](COCc4cccc(OCCn5cc(CCC[18F])nn5)c4)C(=O)O)nn3)cc2s1. The third kappa shape index (κ3) is 10.5. The molecule has 0 fully saturated rings. The van der Waals surface area contributed by atoms with Gasteiger partial charge in [0.1, 0.15) is 37.0 Å². The van der Waals surface area contributed by atoms with E-state index in [2.05, 4.69) is 30.9 Å². The van der Waals surface area contributed by atoms with Crippen LogP contribution in [0.4, 0.5) is 4.39 Å². The van der Waals surface area contributed by atoms with Crippen molar-refractivity contribution in [3.8, 4) is 11.5 Å². The van der Waals surface area contributed by atoms with E-state index in [1.807, 2.05) is 0 Å². The molecular formula is C29H32FN9O8S2. The van der Waals surface area contributed by atoms with Crippen LogP contribution in [0.25, 0.3) is 10.2 Å². The second-order valence-corrected chi connectivity index (χ2v) is 13.4. The normalized spacial score (nSPS) is 12.2. The number of carbonyl (C=O) groups is 2. The van der Waals surface area contributed by atoms with E-state index < -0.39 is 34.6 Å². The van der Waals surface area contributed by atoms with Crippen molar-refractivity contribution in [1.29, 1.82) is 0 Å². The molecule has 49 heavy (non-hydrogen) atoms. The van der Waals surface area contributed by atoms with Gasteiger partial charge in [0.05, 0.1) is 48.5 Å². The molecule has 0 aliphatic carbocycles. The lowest BCUT2D eigenvalue weighted by atomic mass is 10.2. The number of aryl methyl sites for hydroxylation is 1. The molecule has 20 heteroatoms. The van der Waals surface area contributed by atoms with E-state index in [1.54, 1.807) is 53.3 Å². The number of nitrogens with zero attached hydrogens (tertiary/aromatic N) is 7. The first kappa shape index (κ1) is 35.3. The summed E-state index contributed by atoms with van der Waals surface area (Å²) in [5, 5.41) is 33.0. The zero-order valence-corrected chi connectivity index (χ0v) is 27.5. The van der Waals surface area contributed by atoms with Gasteiger partial charge in [-0.15, -0.1) is 21.5 Å². The van der Waals surface area contributed by atoms with Crippen LogP contribution in [0.2, 0.25) is 0 Å². The van der Waals surface area contributed by atoms with Gasteiger partial charge in [0.15, 0.2) is 6.04 Å². The second kappa shape index (κ2) is 16.4. The molecule has 3 heterocycles. The van der Waals surface area contributed by atoms with Crippen molar-refractivity contribution >= 4 is 43.5 Å². The molecule has 17 nitrogen and oxygen atoms in total. The zero-order valence-electron chi connectivity index (χ0n) is 25.8. The van der Waals surface area contributed by atoms with Crippen LogP contribution in [-0.2, 0) is 57.1 Å². The number of hydrogen-bond donors (Lipinski definition) is 3. The van der Waals surface area contributed by atoms with E-state index in [0.717, 1.165) is 22.6 Å². The Balaban J connectivity index is 1.04. The fourth-order valence-corrected chi connectivity index (χ4v) is 6.07. The number of nitrogens with one attached hydrogen (secondary N) is 1. The predicted molar refractivity (Wildman–Crippen MR) is 171 cm³/mol. The summed E-state index contributed by atoms with van der Waals surface area (Å²) < 4.78 is 55.8. The van der Waals surface area contributed by atoms with Crippen LogP contribution < -0.4 is 19.9 Å². The number of sulfonamides is 1. The lowest BCUT2D eigenvalue weighted by Crippen LogP contribution is -2.45. The number of rotatable bonds is 19. The van der Waals surface area contributed by atoms with Crippen molar-refractivity contribution < 1.29 is 41.7 Å². The van der Waals surface area contributed by atoms with Gasteiger partial charge in [-0.25, -0.2) is 32.7 Å². The largest absolute Gasteiger partial charge is 0.492 e. The van der Waals surface area contributed by atoms with Crippen molar-refractivity contribution in [1.82, 2.24) is 40.3 Å². The molecule has 3 aromatic heterocycles. The van der Waals surface area contributed by atoms with Crippen molar-refractivity contribution in [2.75, 3.05) is 19.9 Å². The number of ether oxygens (including phenoxy) is 3. The molecule has 2 aromatic carbocycles. The third-order valence-corrected chi connectivity index (χ3v) is 9.03. The van der Waals surface area contributed by atoms with Gasteiger partial charge >= 0.3 is 5.97 Å². The summed E-state index contributed by atoms with van der Waals surface area (Å²) in [4.78, 5) is 28.4. The molecule has 260 valence electrons. The fraction of sp³-hybridized carbons (Fsp3) is 0.345. The molecule has 0 saturated heterocycles. The Hall–Kier alpha value is -5.05. The summed E-state index contributed by atoms with van der Waals surface area (Å²) in [6, 6.07) is 10.6. The molecule has 0 unspecified atom stereocenters. The molecule has 5 aromatic rings. The standard InChI is InChI=1S/C29H32FN9O8S2/c30-8-2-4-20-13-38(36-34-20)9-10-46-22-5-1-3-19(11-22)16-45-18-25(28(41)42)32-27(40)15-39-14-21(35-37-39)17-47-23-6-7-24-26(12-23)48-29(33-24)49(31,43)44/h1,3,5-7,11-14,25H,2,4,8-10,15-18H2,(H,32,40)(H,41,42)(H2,31,43,44)/t25-/m1/s1/i30-1. The molecule has 1 amide bonds. The number of halogens is 1. The van der Waals surface area contributed by atoms with Crippen LogP contribution in [0.3, 0.4) is 0 Å². The van der Waals surface area contributed by atoms with Crippen LogP contribution >= 0.6 is 11.3 Å². The minimum Gasteiger partial charge on any atom is -0.492 e. The maximum atomic E-state index is 12.6. The van der Waals surface area contributed by atoms with Gasteiger partial charge in [0.2, 0.25) is 10.2 Å². The Morgan fingerprint density at radius 1 is 1.02 bits per heavy atom. The molecule has 4 N–H and O–H groups in total. The highest BCUT2D eigenvalue weighted by Crippen LogP contribution is 2.28. The van der Waals surface area contributed by atoms with Crippen LogP contribution in [0, 0.1) is 0 Å². The molecule has 0 bridgehead atoms. The first-order chi connectivity index (χ1) is 23.6. The quantitative estimate of drug-likeness (QED) is 0.110. The number of alkyl halides is 1. The molecule has 0 aliphatic rings. The van der Waals surface area contributed by atoms with Crippen molar-refractivity contribution in [2.24, 2.45) is 5.14 Å². The van der Waals surface area contributed by atoms with E-state index in [4.69, 9.17) is 19.3 Å². The van der Waals surface area contributed by atoms with Gasteiger partial charge < -0.3 is 24.6 Å². The van der Waals surface area contributed by atoms with E-state index in [9.17, 15) is 27.5 Å². The highest BCUT2D eigenvalue weighted by Gasteiger charge is 2.21. The summed E-state index contributed by atoms with van der Waals surface area (Å²) in [5.74, 6) is -0.878. The van der Waals surface area contributed by atoms with Crippen LogP contribution in [0.1, 0.15) is 23.4 Å².